The molecule has 39 heavy (non-hydrogen) atoms. The first-order valence-electron chi connectivity index (χ1n) is 11.2. The maximum absolute atomic E-state index is 10.6. The summed E-state index contributed by atoms with van der Waals surface area (Å²) in [5, 5.41) is 17.2. The number of carboxylic acid groups (broad SMARTS) is 1. The van der Waals surface area contributed by atoms with E-state index in [9.17, 15) is 4.79 Å². The van der Waals surface area contributed by atoms with Crippen LogP contribution in [0.5, 0.6) is 0 Å². The first kappa shape index (κ1) is 30.6. The van der Waals surface area contributed by atoms with Crippen LogP contribution in [0, 0.1) is 0 Å². The van der Waals surface area contributed by atoms with Crippen LogP contribution in [0.2, 0.25) is 0 Å². The fraction of sp³-hybridized carbons (Fsp3) is 0. The fourth-order valence-corrected chi connectivity index (χ4v) is 3.03. The van der Waals surface area contributed by atoms with Crippen LogP contribution in [0.25, 0.3) is 28.2 Å². The van der Waals surface area contributed by atoms with Gasteiger partial charge in [-0.3, -0.25) is 19.9 Å². The molecule has 193 valence electrons. The summed E-state index contributed by atoms with van der Waals surface area (Å²) < 4.78 is 0. The Morgan fingerprint density at radius 3 is 1.67 bits per heavy atom. The van der Waals surface area contributed by atoms with Crippen molar-refractivity contribution in [2.24, 2.45) is 4.99 Å². The molecule has 0 spiro atoms. The van der Waals surface area contributed by atoms with Gasteiger partial charge in [-0.25, -0.2) is 9.78 Å². The normalized spacial score (nSPS) is 9.54. The standard InChI is InChI=1S/C15H11N3.C13H10N2O2.CNS.Ru/c1-3-10-16-12(6-1)14-8-5-9-15(18-14)13-7-2-4-11-17-13;16-13(17)10-4-6-11(7-5-10)15-9-12-3-1-2-8-14-12;2-1-3;/h1-11H;1-9H,(H,16,17);;/q;;-1;+1. The summed E-state index contributed by atoms with van der Waals surface area (Å²) in [6, 6.07) is 29.4. The topological polar surface area (TPSA) is 124 Å². The minimum Gasteiger partial charge on any atom is -0.753 e. The van der Waals surface area contributed by atoms with Crippen LogP contribution in [-0.4, -0.2) is 42.4 Å². The number of thiocarbonyl (C=S) groups is 1. The molecule has 0 saturated carbocycles. The quantitative estimate of drug-likeness (QED) is 0.138. The molecule has 5 aromatic rings. The van der Waals surface area contributed by atoms with E-state index in [2.05, 4.69) is 37.1 Å². The van der Waals surface area contributed by atoms with Gasteiger partial charge in [-0.15, -0.1) is 0 Å². The Kier molecular flexibility index (Phi) is 13.3. The van der Waals surface area contributed by atoms with Gasteiger partial charge < -0.3 is 10.5 Å². The van der Waals surface area contributed by atoms with E-state index in [4.69, 9.17) is 10.5 Å². The van der Waals surface area contributed by atoms with Gasteiger partial charge in [0.2, 0.25) is 0 Å². The molecule has 0 bridgehead atoms. The summed E-state index contributed by atoms with van der Waals surface area (Å²) >= 11 is 3.70. The Balaban J connectivity index is 0.000000243. The van der Waals surface area contributed by atoms with Crippen molar-refractivity contribution in [2.45, 2.75) is 0 Å². The van der Waals surface area contributed by atoms with Gasteiger partial charge >= 0.3 is 25.4 Å². The third-order valence-electron chi connectivity index (χ3n) is 4.75. The molecule has 0 saturated heterocycles. The smallest absolute Gasteiger partial charge is 0.753 e. The third kappa shape index (κ3) is 10.3. The van der Waals surface area contributed by atoms with Crippen molar-refractivity contribution < 1.29 is 29.4 Å². The molecule has 0 atom stereocenters. The molecule has 0 aliphatic heterocycles. The summed E-state index contributed by atoms with van der Waals surface area (Å²) in [6.07, 6.45) is 6.86. The van der Waals surface area contributed by atoms with E-state index in [1.807, 2.05) is 72.8 Å². The Morgan fingerprint density at radius 1 is 0.744 bits per heavy atom. The fourth-order valence-electron chi connectivity index (χ4n) is 3.03. The molecule has 0 amide bonds. The van der Waals surface area contributed by atoms with Gasteiger partial charge in [0.1, 0.15) is 0 Å². The van der Waals surface area contributed by atoms with Crippen LogP contribution in [0.15, 0.2) is 121 Å². The molecule has 1 radical (unpaired) electrons. The van der Waals surface area contributed by atoms with E-state index in [0.717, 1.165) is 28.5 Å². The van der Waals surface area contributed by atoms with Gasteiger partial charge in [0.15, 0.2) is 0 Å². The van der Waals surface area contributed by atoms with Gasteiger partial charge in [0.05, 0.1) is 45.9 Å². The molecule has 10 heteroatoms. The molecule has 0 unspecified atom stereocenters. The van der Waals surface area contributed by atoms with Crippen molar-refractivity contribution in [3.63, 3.8) is 0 Å². The van der Waals surface area contributed by atoms with Crippen LogP contribution >= 0.6 is 12.2 Å². The number of carbonyl (C=O) groups is 1. The Hall–Kier alpha value is -4.62. The van der Waals surface area contributed by atoms with Crippen molar-refractivity contribution >= 4 is 35.3 Å². The predicted octanol–water partition coefficient (Wildman–Crippen LogP) is 6.39. The van der Waals surface area contributed by atoms with E-state index in [0.29, 0.717) is 5.69 Å². The van der Waals surface area contributed by atoms with E-state index in [-0.39, 0.29) is 25.0 Å². The Morgan fingerprint density at radius 2 is 1.23 bits per heavy atom. The van der Waals surface area contributed by atoms with Gasteiger partial charge in [-0.1, -0.05) is 36.5 Å². The summed E-state index contributed by atoms with van der Waals surface area (Å²) in [7, 11) is 0. The average molecular weight is 619 g/mol. The SMILES string of the molecule is O=C(O)c1ccc(N=Cc2ccccn2)cc1.[N-]=C=S.[Ru+].c1ccc(-c2cccc(-c3ccccn3)n2)nc1. The first-order valence-corrected chi connectivity index (χ1v) is 11.6. The minimum atomic E-state index is -0.940. The summed E-state index contributed by atoms with van der Waals surface area (Å²) in [5.41, 5.74) is 5.17. The van der Waals surface area contributed by atoms with E-state index < -0.39 is 5.97 Å². The molecular formula is C29H21N6O2RuS. The van der Waals surface area contributed by atoms with E-state index >= 15 is 0 Å². The number of isothiocyanates is 1. The third-order valence-corrected chi connectivity index (χ3v) is 4.75. The number of carboxylic acids is 1. The zero-order valence-corrected chi connectivity index (χ0v) is 22.9. The maximum atomic E-state index is 10.6. The van der Waals surface area contributed by atoms with Crippen molar-refractivity contribution in [3.8, 4) is 22.8 Å². The van der Waals surface area contributed by atoms with Crippen molar-refractivity contribution in [2.75, 3.05) is 0 Å². The van der Waals surface area contributed by atoms with Crippen LogP contribution in [0.3, 0.4) is 0 Å². The Bertz CT molecular complexity index is 1440. The number of rotatable bonds is 5. The largest absolute Gasteiger partial charge is 1.00 e. The van der Waals surface area contributed by atoms with Crippen LogP contribution in [-0.2, 0) is 19.5 Å². The van der Waals surface area contributed by atoms with Gasteiger partial charge in [0.25, 0.3) is 0 Å². The zero-order valence-electron chi connectivity index (χ0n) is 20.3. The Labute approximate surface area is 243 Å². The number of benzene rings is 1. The number of aliphatic imine (C=N–C) groups is 1. The van der Waals surface area contributed by atoms with Crippen LogP contribution in [0.1, 0.15) is 16.1 Å². The van der Waals surface area contributed by atoms with Crippen molar-refractivity contribution in [1.82, 2.24) is 19.9 Å². The molecule has 4 aromatic heterocycles. The monoisotopic (exact) mass is 619 g/mol. The number of hydrogen-bond donors (Lipinski definition) is 1. The molecule has 1 aromatic carbocycles. The molecular weight excluding hydrogens is 597 g/mol. The number of aromatic carboxylic acids is 1. The van der Waals surface area contributed by atoms with Gasteiger partial charge in [-0.2, -0.15) is 5.16 Å². The molecule has 4 heterocycles. The number of nitrogens with zero attached hydrogens (tertiary/aromatic N) is 6. The molecule has 0 aliphatic rings. The van der Waals surface area contributed by atoms with Gasteiger partial charge in [0, 0.05) is 18.6 Å². The second-order valence-electron chi connectivity index (χ2n) is 7.29. The first-order chi connectivity index (χ1) is 18.6. The minimum absolute atomic E-state index is 0. The number of pyridine rings is 4. The molecule has 5 rings (SSSR count). The van der Waals surface area contributed by atoms with Crippen molar-refractivity contribution in [3.05, 3.63) is 132 Å². The van der Waals surface area contributed by atoms with Gasteiger partial charge in [-0.05, 0) is 72.8 Å². The van der Waals surface area contributed by atoms with Crippen molar-refractivity contribution in [1.29, 1.82) is 0 Å². The second kappa shape index (κ2) is 17.0. The summed E-state index contributed by atoms with van der Waals surface area (Å²) in [4.78, 5) is 32.1. The zero-order chi connectivity index (χ0) is 27.0. The van der Waals surface area contributed by atoms with Crippen LogP contribution < -0.4 is 0 Å². The molecule has 0 fully saturated rings. The predicted molar refractivity (Wildman–Crippen MR) is 152 cm³/mol. The summed E-state index contributed by atoms with van der Waals surface area (Å²) in [5.74, 6) is -0.940. The average Bonchev–Trinajstić information content (AvgIpc) is 2.99. The van der Waals surface area contributed by atoms with Crippen LogP contribution in [0.4, 0.5) is 5.69 Å². The van der Waals surface area contributed by atoms with E-state index in [1.165, 1.54) is 17.3 Å². The maximum Gasteiger partial charge on any atom is 1.00 e. The number of hydrogen-bond acceptors (Lipinski definition) is 7. The molecule has 8 nitrogen and oxygen atoms in total. The van der Waals surface area contributed by atoms with E-state index in [1.54, 1.807) is 36.9 Å². The summed E-state index contributed by atoms with van der Waals surface area (Å²) in [6.45, 7) is 0. The second-order valence-corrected chi connectivity index (χ2v) is 7.48. The molecule has 1 N–H and O–H groups in total. The molecule has 0 aliphatic carbocycles. The number of aromatic nitrogens is 4.